The number of aromatic amines is 1. The zero-order valence-electron chi connectivity index (χ0n) is 13.0. The summed E-state index contributed by atoms with van der Waals surface area (Å²) in [7, 11) is 0. The van der Waals surface area contributed by atoms with Crippen molar-refractivity contribution in [3.8, 4) is 0 Å². The van der Waals surface area contributed by atoms with Gasteiger partial charge in [0, 0.05) is 35.4 Å². The van der Waals surface area contributed by atoms with Crippen molar-refractivity contribution in [2.24, 2.45) is 0 Å². The van der Waals surface area contributed by atoms with Crippen LogP contribution >= 0.6 is 0 Å². The molecule has 118 valence electrons. The normalized spacial score (nSPS) is 16.8. The standard InChI is InChI=1S/C18H20N4O/c23-18-14-5-2-1-4-13(14)8-11-22(18)10-3-9-19-16-6-7-17-15(16)12-20-21-17/h1-2,4-5,8,11-12,16,19H,3,6-7,9-10H2,(H,20,21). The maximum Gasteiger partial charge on any atom is 0.258 e. The van der Waals surface area contributed by atoms with Gasteiger partial charge in [-0.3, -0.25) is 9.89 Å². The van der Waals surface area contributed by atoms with Gasteiger partial charge >= 0.3 is 0 Å². The topological polar surface area (TPSA) is 62.7 Å². The van der Waals surface area contributed by atoms with Gasteiger partial charge in [-0.1, -0.05) is 18.2 Å². The summed E-state index contributed by atoms with van der Waals surface area (Å²) in [4.78, 5) is 12.4. The van der Waals surface area contributed by atoms with Gasteiger partial charge in [0.25, 0.3) is 5.56 Å². The minimum atomic E-state index is 0.0982. The van der Waals surface area contributed by atoms with Crippen LogP contribution in [0.5, 0.6) is 0 Å². The largest absolute Gasteiger partial charge is 0.315 e. The van der Waals surface area contributed by atoms with Crippen LogP contribution < -0.4 is 10.9 Å². The van der Waals surface area contributed by atoms with E-state index in [0.717, 1.165) is 43.1 Å². The molecule has 2 aromatic heterocycles. The van der Waals surface area contributed by atoms with E-state index in [0.29, 0.717) is 6.04 Å². The number of nitrogens with zero attached hydrogens (tertiary/aromatic N) is 2. The van der Waals surface area contributed by atoms with Gasteiger partial charge in [0.05, 0.1) is 6.20 Å². The van der Waals surface area contributed by atoms with Crippen LogP contribution in [-0.4, -0.2) is 21.3 Å². The molecule has 5 nitrogen and oxygen atoms in total. The lowest BCUT2D eigenvalue weighted by Gasteiger charge is -2.13. The van der Waals surface area contributed by atoms with Crippen LogP contribution in [0.4, 0.5) is 0 Å². The van der Waals surface area contributed by atoms with Gasteiger partial charge in [0.2, 0.25) is 0 Å². The molecule has 2 N–H and O–H groups in total. The SMILES string of the molecule is O=c1c2ccccc2ccn1CCCNC1CCc2[nH]ncc21. The first-order valence-electron chi connectivity index (χ1n) is 8.16. The average molecular weight is 308 g/mol. The molecule has 1 aliphatic rings. The number of fused-ring (bicyclic) bond motifs is 2. The van der Waals surface area contributed by atoms with E-state index in [1.165, 1.54) is 11.3 Å². The smallest absolute Gasteiger partial charge is 0.258 e. The summed E-state index contributed by atoms with van der Waals surface area (Å²) in [6, 6.07) is 10.2. The van der Waals surface area contributed by atoms with Gasteiger partial charge in [-0.15, -0.1) is 0 Å². The number of aryl methyl sites for hydroxylation is 2. The third-order valence-corrected chi connectivity index (χ3v) is 4.66. The Morgan fingerprint density at radius 1 is 1.30 bits per heavy atom. The van der Waals surface area contributed by atoms with Gasteiger partial charge in [0.1, 0.15) is 0 Å². The number of H-pyrrole nitrogens is 1. The maximum atomic E-state index is 12.4. The number of rotatable bonds is 5. The first kappa shape index (κ1) is 14.2. The molecular formula is C18H20N4O. The van der Waals surface area contributed by atoms with Gasteiger partial charge in [-0.05, 0) is 43.3 Å². The van der Waals surface area contributed by atoms with E-state index in [9.17, 15) is 4.79 Å². The lowest BCUT2D eigenvalue weighted by atomic mass is 10.2. The second kappa shape index (κ2) is 6.01. The molecule has 0 radical (unpaired) electrons. The van der Waals surface area contributed by atoms with E-state index in [4.69, 9.17) is 0 Å². The van der Waals surface area contributed by atoms with E-state index in [1.807, 2.05) is 47.3 Å². The molecule has 0 bridgehead atoms. The molecule has 0 saturated heterocycles. The average Bonchev–Trinajstić information content (AvgIpc) is 3.18. The van der Waals surface area contributed by atoms with E-state index in [-0.39, 0.29) is 5.56 Å². The van der Waals surface area contributed by atoms with Gasteiger partial charge in [0.15, 0.2) is 0 Å². The number of pyridine rings is 1. The Balaban J connectivity index is 1.37. The van der Waals surface area contributed by atoms with Crippen molar-refractivity contribution in [1.82, 2.24) is 20.1 Å². The lowest BCUT2D eigenvalue weighted by Crippen LogP contribution is -2.24. The second-order valence-corrected chi connectivity index (χ2v) is 6.10. The molecule has 2 heterocycles. The fourth-order valence-corrected chi connectivity index (χ4v) is 3.41. The minimum Gasteiger partial charge on any atom is -0.315 e. The highest BCUT2D eigenvalue weighted by Gasteiger charge is 2.23. The molecule has 0 spiro atoms. The molecule has 3 aromatic rings. The summed E-state index contributed by atoms with van der Waals surface area (Å²) in [5.41, 5.74) is 2.65. The first-order chi connectivity index (χ1) is 11.3. The molecule has 1 aromatic carbocycles. The molecule has 0 amide bonds. The van der Waals surface area contributed by atoms with Crippen LogP contribution in [0, 0.1) is 0 Å². The Morgan fingerprint density at radius 2 is 2.22 bits per heavy atom. The van der Waals surface area contributed by atoms with Crippen molar-refractivity contribution in [1.29, 1.82) is 0 Å². The molecule has 1 unspecified atom stereocenters. The first-order valence-corrected chi connectivity index (χ1v) is 8.16. The summed E-state index contributed by atoms with van der Waals surface area (Å²) in [5, 5.41) is 12.5. The van der Waals surface area contributed by atoms with E-state index in [2.05, 4.69) is 15.5 Å². The van der Waals surface area contributed by atoms with Crippen molar-refractivity contribution < 1.29 is 0 Å². The summed E-state index contributed by atoms with van der Waals surface area (Å²) < 4.78 is 1.81. The zero-order chi connectivity index (χ0) is 15.6. The predicted octanol–water partition coefficient (Wildman–Crippen LogP) is 2.39. The van der Waals surface area contributed by atoms with Gasteiger partial charge in [-0.2, -0.15) is 5.10 Å². The maximum absolute atomic E-state index is 12.4. The molecule has 4 rings (SSSR count). The fourth-order valence-electron chi connectivity index (χ4n) is 3.41. The third kappa shape index (κ3) is 2.68. The molecule has 5 heteroatoms. The molecule has 0 aliphatic heterocycles. The molecule has 1 aliphatic carbocycles. The third-order valence-electron chi connectivity index (χ3n) is 4.66. The van der Waals surface area contributed by atoms with Crippen LogP contribution in [-0.2, 0) is 13.0 Å². The van der Waals surface area contributed by atoms with Crippen molar-refractivity contribution in [2.75, 3.05) is 6.54 Å². The van der Waals surface area contributed by atoms with Crippen molar-refractivity contribution in [2.45, 2.75) is 31.8 Å². The summed E-state index contributed by atoms with van der Waals surface area (Å²) in [5.74, 6) is 0. The van der Waals surface area contributed by atoms with E-state index >= 15 is 0 Å². The Morgan fingerprint density at radius 3 is 3.17 bits per heavy atom. The molecule has 1 atom stereocenters. The molecule has 0 fully saturated rings. The predicted molar refractivity (Wildman–Crippen MR) is 90.5 cm³/mol. The van der Waals surface area contributed by atoms with Crippen LogP contribution in [0.3, 0.4) is 0 Å². The highest BCUT2D eigenvalue weighted by atomic mass is 16.1. The zero-order valence-corrected chi connectivity index (χ0v) is 13.0. The van der Waals surface area contributed by atoms with E-state index < -0.39 is 0 Å². The van der Waals surface area contributed by atoms with Crippen molar-refractivity contribution in [3.63, 3.8) is 0 Å². The monoisotopic (exact) mass is 308 g/mol. The van der Waals surface area contributed by atoms with Crippen LogP contribution in [0.2, 0.25) is 0 Å². The Labute approximate surface area is 134 Å². The number of nitrogens with one attached hydrogen (secondary N) is 2. The van der Waals surface area contributed by atoms with Crippen molar-refractivity contribution in [3.05, 3.63) is 64.3 Å². The van der Waals surface area contributed by atoms with Crippen molar-refractivity contribution >= 4 is 10.8 Å². The molecule has 0 saturated carbocycles. The number of aromatic nitrogens is 3. The van der Waals surface area contributed by atoms with Gasteiger partial charge in [-0.25, -0.2) is 0 Å². The highest BCUT2D eigenvalue weighted by molar-refractivity contribution is 5.81. The summed E-state index contributed by atoms with van der Waals surface area (Å²) >= 11 is 0. The van der Waals surface area contributed by atoms with E-state index in [1.54, 1.807) is 0 Å². The molecule has 23 heavy (non-hydrogen) atoms. The Kier molecular flexibility index (Phi) is 3.71. The summed E-state index contributed by atoms with van der Waals surface area (Å²) in [6.45, 7) is 1.64. The van der Waals surface area contributed by atoms with Crippen LogP contribution in [0.1, 0.15) is 30.1 Å². The highest BCUT2D eigenvalue weighted by Crippen LogP contribution is 2.28. The summed E-state index contributed by atoms with van der Waals surface area (Å²) in [6.07, 6.45) is 6.95. The quantitative estimate of drug-likeness (QED) is 0.711. The Bertz CT molecular complexity index is 880. The minimum absolute atomic E-state index is 0.0982. The second-order valence-electron chi connectivity index (χ2n) is 6.10. The number of hydrogen-bond donors (Lipinski definition) is 2. The molecular weight excluding hydrogens is 288 g/mol. The lowest BCUT2D eigenvalue weighted by molar-refractivity contribution is 0.495. The number of hydrogen-bond acceptors (Lipinski definition) is 3. The Hall–Kier alpha value is -2.40. The van der Waals surface area contributed by atoms with Gasteiger partial charge < -0.3 is 9.88 Å². The van der Waals surface area contributed by atoms with Crippen LogP contribution in [0.25, 0.3) is 10.8 Å². The fraction of sp³-hybridized carbons (Fsp3) is 0.333. The van der Waals surface area contributed by atoms with Crippen LogP contribution in [0.15, 0.2) is 47.5 Å². The number of benzene rings is 1.